The molecule has 1 aliphatic rings. The van der Waals surface area contributed by atoms with Gasteiger partial charge in [-0.1, -0.05) is 18.5 Å². The summed E-state index contributed by atoms with van der Waals surface area (Å²) in [5.74, 6) is -1.19. The Balaban J connectivity index is 1.26. The van der Waals surface area contributed by atoms with Crippen LogP contribution >= 0.6 is 22.9 Å². The van der Waals surface area contributed by atoms with E-state index in [9.17, 15) is 32.7 Å². The van der Waals surface area contributed by atoms with Crippen molar-refractivity contribution in [3.05, 3.63) is 86.3 Å². The highest BCUT2D eigenvalue weighted by atomic mass is 35.5. The van der Waals surface area contributed by atoms with Gasteiger partial charge in [-0.15, -0.1) is 16.4 Å². The fourth-order valence-corrected chi connectivity index (χ4v) is 7.01. The van der Waals surface area contributed by atoms with E-state index in [0.29, 0.717) is 11.3 Å². The molecule has 0 radical (unpaired) electrons. The first-order chi connectivity index (χ1) is 24.8. The zero-order valence-corrected chi connectivity index (χ0v) is 29.1. The van der Waals surface area contributed by atoms with Gasteiger partial charge in [-0.05, 0) is 49.1 Å². The van der Waals surface area contributed by atoms with Crippen molar-refractivity contribution < 1.29 is 27.9 Å². The summed E-state index contributed by atoms with van der Waals surface area (Å²) >= 11 is 7.59. The standard InChI is InChI=1S/C33H28ClF3N10O4S/c1-3-23-26(44-7-9-45(10-8-44)30(50)25-27(49)17(2)39-16-40-25)31(51)47-32(42-28(43-47)19-12-18-6-11-52-29(18)38-14-19)46(23)15-24(48)41-22-5-4-20(13-21(22)34)33(35,36)37/h4-6,11-14,16,49H,3,7-10,15H2,1-2H3,(H,41,48). The molecule has 1 saturated heterocycles. The summed E-state index contributed by atoms with van der Waals surface area (Å²) in [6.07, 6.45) is -1.55. The maximum Gasteiger partial charge on any atom is 0.416 e. The third kappa shape index (κ3) is 6.38. The maximum absolute atomic E-state index is 14.3. The van der Waals surface area contributed by atoms with Crippen LogP contribution in [0.25, 0.3) is 27.4 Å². The number of hydrogen-bond acceptors (Lipinski definition) is 11. The number of rotatable bonds is 7. The predicted molar refractivity (Wildman–Crippen MR) is 187 cm³/mol. The molecule has 1 aliphatic heterocycles. The van der Waals surface area contributed by atoms with E-state index in [4.69, 9.17) is 11.6 Å². The van der Waals surface area contributed by atoms with Crippen molar-refractivity contribution in [3.8, 4) is 17.1 Å². The van der Waals surface area contributed by atoms with E-state index in [1.54, 1.807) is 18.0 Å². The number of aromatic hydroxyl groups is 1. The number of piperazine rings is 1. The summed E-state index contributed by atoms with van der Waals surface area (Å²) < 4.78 is 42.3. The van der Waals surface area contributed by atoms with Gasteiger partial charge in [0.25, 0.3) is 11.5 Å². The number of fused-ring (bicyclic) bond motifs is 2. The summed E-state index contributed by atoms with van der Waals surface area (Å²) in [6, 6.07) is 6.35. The highest BCUT2D eigenvalue weighted by Gasteiger charge is 2.32. The number of nitrogens with zero attached hydrogens (tertiary/aromatic N) is 9. The largest absolute Gasteiger partial charge is 0.504 e. The molecule has 0 bridgehead atoms. The van der Waals surface area contributed by atoms with E-state index >= 15 is 0 Å². The molecule has 1 aromatic carbocycles. The van der Waals surface area contributed by atoms with E-state index < -0.39 is 35.7 Å². The molecule has 19 heteroatoms. The zero-order chi connectivity index (χ0) is 36.9. The predicted octanol–water partition coefficient (Wildman–Crippen LogP) is 4.81. The molecule has 6 heterocycles. The highest BCUT2D eigenvalue weighted by Crippen LogP contribution is 2.34. The quantitative estimate of drug-likeness (QED) is 0.232. The van der Waals surface area contributed by atoms with Crippen LogP contribution in [0.5, 0.6) is 5.75 Å². The molecule has 0 spiro atoms. The molecule has 0 saturated carbocycles. The molecule has 2 N–H and O–H groups in total. The van der Waals surface area contributed by atoms with Crippen molar-refractivity contribution in [2.45, 2.75) is 33.0 Å². The number of anilines is 2. The second-order valence-electron chi connectivity index (χ2n) is 11.9. The fraction of sp³-hybridized carbons (Fsp3) is 0.273. The van der Waals surface area contributed by atoms with Crippen LogP contribution < -0.4 is 15.8 Å². The topological polar surface area (TPSA) is 164 Å². The van der Waals surface area contributed by atoms with Gasteiger partial charge in [-0.3, -0.25) is 14.4 Å². The van der Waals surface area contributed by atoms with Gasteiger partial charge < -0.3 is 24.8 Å². The average molecular weight is 753 g/mol. The van der Waals surface area contributed by atoms with E-state index in [0.717, 1.165) is 32.9 Å². The van der Waals surface area contributed by atoms with Crippen molar-refractivity contribution in [2.24, 2.45) is 0 Å². The number of amides is 2. The Labute approximate surface area is 301 Å². The Bertz CT molecular complexity index is 2440. The van der Waals surface area contributed by atoms with Crippen molar-refractivity contribution in [1.29, 1.82) is 0 Å². The van der Waals surface area contributed by atoms with Crippen LogP contribution in [0, 0.1) is 6.92 Å². The minimum atomic E-state index is -4.62. The van der Waals surface area contributed by atoms with Crippen LogP contribution in [0.15, 0.2) is 53.0 Å². The van der Waals surface area contributed by atoms with Gasteiger partial charge in [0.05, 0.1) is 27.7 Å². The molecular weight excluding hydrogens is 725 g/mol. The molecule has 1 fully saturated rings. The molecule has 52 heavy (non-hydrogen) atoms. The summed E-state index contributed by atoms with van der Waals surface area (Å²) in [6.45, 7) is 3.78. The summed E-state index contributed by atoms with van der Waals surface area (Å²) in [5, 5.41) is 20.0. The summed E-state index contributed by atoms with van der Waals surface area (Å²) in [7, 11) is 0. The number of nitrogens with one attached hydrogen (secondary N) is 1. The molecular formula is C33H28ClF3N10O4S. The lowest BCUT2D eigenvalue weighted by Crippen LogP contribution is -2.51. The monoisotopic (exact) mass is 752 g/mol. The van der Waals surface area contributed by atoms with E-state index in [1.807, 2.05) is 24.4 Å². The number of carbonyl (C=O) groups excluding carboxylic acids is 2. The number of aryl methyl sites for hydroxylation is 1. The average Bonchev–Trinajstić information content (AvgIpc) is 3.79. The van der Waals surface area contributed by atoms with Crippen molar-refractivity contribution in [1.82, 2.24) is 39.0 Å². The van der Waals surface area contributed by atoms with Gasteiger partial charge in [-0.25, -0.2) is 15.0 Å². The number of thiophene rings is 1. The van der Waals surface area contributed by atoms with Crippen LogP contribution in [0.3, 0.4) is 0 Å². The molecule has 6 aromatic rings. The third-order valence-corrected chi connectivity index (χ3v) is 9.84. The Hall–Kier alpha value is -5.62. The van der Waals surface area contributed by atoms with Crippen LogP contribution in [-0.2, 0) is 23.9 Å². The van der Waals surface area contributed by atoms with Crippen molar-refractivity contribution in [2.75, 3.05) is 36.4 Å². The molecule has 268 valence electrons. The third-order valence-electron chi connectivity index (χ3n) is 8.69. The highest BCUT2D eigenvalue weighted by molar-refractivity contribution is 7.16. The summed E-state index contributed by atoms with van der Waals surface area (Å²) in [5.41, 5.74) is -0.126. The molecule has 7 rings (SSSR count). The van der Waals surface area contributed by atoms with Crippen LogP contribution in [-0.4, -0.2) is 82.1 Å². The number of halogens is 4. The number of benzene rings is 1. The molecule has 0 atom stereocenters. The molecule has 0 aliphatic carbocycles. The SMILES string of the molecule is CCc1c(N2CCN(C(=O)c3ncnc(C)c3O)CC2)c(=O)n2nc(-c3cnc4sccc4c3)nc2n1CC(=O)Nc1ccc(C(F)(F)F)cc1Cl. The lowest BCUT2D eigenvalue weighted by Gasteiger charge is -2.36. The van der Waals surface area contributed by atoms with Gasteiger partial charge in [0.1, 0.15) is 23.4 Å². The molecule has 2 amide bonds. The van der Waals surface area contributed by atoms with E-state index in [2.05, 4.69) is 30.4 Å². The van der Waals surface area contributed by atoms with Gasteiger partial charge in [0.15, 0.2) is 17.3 Å². The fourth-order valence-electron chi connectivity index (χ4n) is 6.07. The Kier molecular flexibility index (Phi) is 9.04. The second kappa shape index (κ2) is 13.5. The number of aromatic nitrogens is 7. The molecule has 0 unspecified atom stereocenters. The summed E-state index contributed by atoms with van der Waals surface area (Å²) in [4.78, 5) is 62.2. The Morgan fingerprint density at radius 2 is 1.85 bits per heavy atom. The molecule has 14 nitrogen and oxygen atoms in total. The van der Waals surface area contributed by atoms with Crippen molar-refractivity contribution >= 4 is 62.1 Å². The first-order valence-electron chi connectivity index (χ1n) is 15.9. The zero-order valence-electron chi connectivity index (χ0n) is 27.5. The van der Waals surface area contributed by atoms with Gasteiger partial charge in [-0.2, -0.15) is 22.7 Å². The second-order valence-corrected chi connectivity index (χ2v) is 13.2. The van der Waals surface area contributed by atoms with Crippen LogP contribution in [0.4, 0.5) is 24.5 Å². The van der Waals surface area contributed by atoms with Gasteiger partial charge in [0.2, 0.25) is 11.7 Å². The van der Waals surface area contributed by atoms with Crippen LogP contribution in [0.2, 0.25) is 5.02 Å². The van der Waals surface area contributed by atoms with E-state index in [-0.39, 0.29) is 77.7 Å². The van der Waals surface area contributed by atoms with E-state index in [1.165, 1.54) is 27.1 Å². The number of carbonyl (C=O) groups is 2. The first-order valence-corrected chi connectivity index (χ1v) is 17.2. The lowest BCUT2D eigenvalue weighted by atomic mass is 10.2. The normalized spacial score (nSPS) is 13.7. The number of pyridine rings is 1. The van der Waals surface area contributed by atoms with Gasteiger partial charge >= 0.3 is 6.18 Å². The Morgan fingerprint density at radius 1 is 1.08 bits per heavy atom. The van der Waals surface area contributed by atoms with Crippen LogP contribution in [0.1, 0.15) is 34.4 Å². The molecule has 5 aromatic heterocycles. The maximum atomic E-state index is 14.3. The number of hydrogen-bond donors (Lipinski definition) is 2. The minimum Gasteiger partial charge on any atom is -0.504 e. The first kappa shape index (κ1) is 34.8. The smallest absolute Gasteiger partial charge is 0.416 e. The lowest BCUT2D eigenvalue weighted by molar-refractivity contribution is -0.137. The number of alkyl halides is 3. The van der Waals surface area contributed by atoms with Crippen molar-refractivity contribution in [3.63, 3.8) is 0 Å². The Morgan fingerprint density at radius 3 is 2.56 bits per heavy atom. The van der Waals surface area contributed by atoms with Gasteiger partial charge in [0, 0.05) is 43.3 Å². The minimum absolute atomic E-state index is 0.0296.